The second-order valence-corrected chi connectivity index (χ2v) is 4.07. The lowest BCUT2D eigenvalue weighted by atomic mass is 10.2. The fourth-order valence-corrected chi connectivity index (χ4v) is 1.57. The van der Waals surface area contributed by atoms with Crippen molar-refractivity contribution in [1.29, 1.82) is 0 Å². The molecule has 0 aliphatic rings. The van der Waals surface area contributed by atoms with Crippen molar-refractivity contribution in [2.24, 2.45) is 0 Å². The predicted molar refractivity (Wildman–Crippen MR) is 76.3 cm³/mol. The van der Waals surface area contributed by atoms with Gasteiger partial charge in [-0.2, -0.15) is 0 Å². The van der Waals surface area contributed by atoms with E-state index in [4.69, 9.17) is 9.47 Å². The van der Waals surface area contributed by atoms with Crippen molar-refractivity contribution in [1.82, 2.24) is 4.90 Å². The number of rotatable bonds is 6. The highest BCUT2D eigenvalue weighted by Crippen LogP contribution is 2.18. The fraction of sp³-hybridized carbons (Fsp3) is 0.333. The number of amides is 1. The molecule has 0 spiro atoms. The van der Waals surface area contributed by atoms with Crippen molar-refractivity contribution >= 4 is 18.0 Å². The van der Waals surface area contributed by atoms with Crippen LogP contribution in [0.5, 0.6) is 5.75 Å². The Morgan fingerprint density at radius 3 is 2.65 bits per heavy atom. The maximum Gasteiger partial charge on any atom is 0.325 e. The van der Waals surface area contributed by atoms with E-state index in [-0.39, 0.29) is 12.5 Å². The summed E-state index contributed by atoms with van der Waals surface area (Å²) in [7, 11) is 3.12. The first-order chi connectivity index (χ1) is 9.58. The number of hydrogen-bond acceptors (Lipinski definition) is 4. The standard InChI is InChI=1S/C15H19NO4/c1-4-20-15(18)11-16(2)14(17)10-9-12-7-5-6-8-13(12)19-3/h5-10H,4,11H2,1-3H3/b10-9+. The number of para-hydroxylation sites is 1. The molecule has 0 aromatic heterocycles. The average Bonchev–Trinajstić information content (AvgIpc) is 2.45. The van der Waals surface area contributed by atoms with Crippen molar-refractivity contribution in [3.8, 4) is 5.75 Å². The lowest BCUT2D eigenvalue weighted by Crippen LogP contribution is -2.31. The van der Waals surface area contributed by atoms with Crippen molar-refractivity contribution in [3.63, 3.8) is 0 Å². The Kier molecular flexibility index (Phi) is 6.29. The first-order valence-electron chi connectivity index (χ1n) is 6.30. The van der Waals surface area contributed by atoms with Crippen LogP contribution in [0.4, 0.5) is 0 Å². The van der Waals surface area contributed by atoms with Crippen molar-refractivity contribution in [2.45, 2.75) is 6.92 Å². The summed E-state index contributed by atoms with van der Waals surface area (Å²) in [5, 5.41) is 0. The van der Waals surface area contributed by atoms with Gasteiger partial charge in [0.1, 0.15) is 12.3 Å². The van der Waals surface area contributed by atoms with E-state index in [0.717, 1.165) is 5.56 Å². The molecule has 0 bridgehead atoms. The molecule has 0 heterocycles. The fourth-order valence-electron chi connectivity index (χ4n) is 1.57. The Labute approximate surface area is 118 Å². The van der Waals surface area contributed by atoms with Crippen LogP contribution >= 0.6 is 0 Å². The van der Waals surface area contributed by atoms with Gasteiger partial charge in [0.05, 0.1) is 13.7 Å². The third-order valence-electron chi connectivity index (χ3n) is 2.59. The molecule has 1 aromatic rings. The second kappa shape index (κ2) is 7.99. The molecule has 1 rings (SSSR count). The number of hydrogen-bond donors (Lipinski definition) is 0. The molecule has 0 saturated heterocycles. The topological polar surface area (TPSA) is 55.8 Å². The smallest absolute Gasteiger partial charge is 0.325 e. The van der Waals surface area contributed by atoms with Crippen LogP contribution in [0.1, 0.15) is 12.5 Å². The van der Waals surface area contributed by atoms with Crippen LogP contribution in [0.15, 0.2) is 30.3 Å². The van der Waals surface area contributed by atoms with Gasteiger partial charge in [-0.15, -0.1) is 0 Å². The van der Waals surface area contributed by atoms with Gasteiger partial charge >= 0.3 is 5.97 Å². The minimum atomic E-state index is -0.422. The number of likely N-dealkylation sites (N-methyl/N-ethyl adjacent to an activating group) is 1. The Hall–Kier alpha value is -2.30. The molecule has 5 nitrogen and oxygen atoms in total. The summed E-state index contributed by atoms with van der Waals surface area (Å²) < 4.78 is 9.97. The lowest BCUT2D eigenvalue weighted by Gasteiger charge is -2.13. The van der Waals surface area contributed by atoms with Crippen LogP contribution in [0.2, 0.25) is 0 Å². The van der Waals surface area contributed by atoms with Crippen LogP contribution in [-0.2, 0) is 14.3 Å². The summed E-state index contributed by atoms with van der Waals surface area (Å²) in [4.78, 5) is 24.4. The molecule has 1 amide bonds. The van der Waals surface area contributed by atoms with Crippen LogP contribution in [0.3, 0.4) is 0 Å². The van der Waals surface area contributed by atoms with Gasteiger partial charge in [0.25, 0.3) is 0 Å². The molecule has 20 heavy (non-hydrogen) atoms. The zero-order valence-corrected chi connectivity index (χ0v) is 12.0. The SMILES string of the molecule is CCOC(=O)CN(C)C(=O)/C=C/c1ccccc1OC. The molecule has 0 fully saturated rings. The third kappa shape index (κ3) is 4.76. The van der Waals surface area contributed by atoms with Gasteiger partial charge in [0.15, 0.2) is 0 Å². The molecule has 5 heteroatoms. The molecule has 0 aliphatic carbocycles. The van der Waals surface area contributed by atoms with E-state index in [9.17, 15) is 9.59 Å². The van der Waals surface area contributed by atoms with E-state index in [2.05, 4.69) is 0 Å². The van der Waals surface area contributed by atoms with E-state index < -0.39 is 5.97 Å². The molecule has 108 valence electrons. The molecule has 0 atom stereocenters. The van der Waals surface area contributed by atoms with Crippen molar-refractivity contribution < 1.29 is 19.1 Å². The molecule has 0 radical (unpaired) electrons. The minimum Gasteiger partial charge on any atom is -0.496 e. The Morgan fingerprint density at radius 1 is 1.30 bits per heavy atom. The van der Waals surface area contributed by atoms with Gasteiger partial charge in [0, 0.05) is 18.7 Å². The normalized spacial score (nSPS) is 10.3. The summed E-state index contributed by atoms with van der Waals surface area (Å²) >= 11 is 0. The molecule has 0 aliphatic heterocycles. The zero-order chi connectivity index (χ0) is 15.0. The highest BCUT2D eigenvalue weighted by Gasteiger charge is 2.11. The highest BCUT2D eigenvalue weighted by atomic mass is 16.5. The van der Waals surface area contributed by atoms with Gasteiger partial charge in [0.2, 0.25) is 5.91 Å². The lowest BCUT2D eigenvalue weighted by molar-refractivity contribution is -0.146. The summed E-state index contributed by atoms with van der Waals surface area (Å²) in [5.41, 5.74) is 0.799. The van der Waals surface area contributed by atoms with Gasteiger partial charge in [-0.3, -0.25) is 9.59 Å². The molecule has 0 N–H and O–H groups in total. The minimum absolute atomic E-state index is 0.0665. The predicted octanol–water partition coefficient (Wildman–Crippen LogP) is 1.73. The number of carbonyl (C=O) groups excluding carboxylic acids is 2. The van der Waals surface area contributed by atoms with E-state index in [1.165, 1.54) is 11.0 Å². The quantitative estimate of drug-likeness (QED) is 0.587. The van der Waals surface area contributed by atoms with Crippen LogP contribution in [-0.4, -0.2) is 44.1 Å². The summed E-state index contributed by atoms with van der Waals surface area (Å²) in [6.07, 6.45) is 3.06. The largest absolute Gasteiger partial charge is 0.496 e. The number of esters is 1. The monoisotopic (exact) mass is 277 g/mol. The van der Waals surface area contributed by atoms with Gasteiger partial charge in [-0.1, -0.05) is 18.2 Å². The van der Waals surface area contributed by atoms with Crippen LogP contribution in [0, 0.1) is 0 Å². The van der Waals surface area contributed by atoms with E-state index in [0.29, 0.717) is 12.4 Å². The Bertz CT molecular complexity index is 496. The van der Waals surface area contributed by atoms with Crippen molar-refractivity contribution in [2.75, 3.05) is 27.3 Å². The first-order valence-corrected chi connectivity index (χ1v) is 6.30. The van der Waals surface area contributed by atoms with Gasteiger partial charge in [-0.05, 0) is 19.1 Å². The number of ether oxygens (including phenoxy) is 2. The number of benzene rings is 1. The maximum absolute atomic E-state index is 11.8. The van der Waals surface area contributed by atoms with Crippen molar-refractivity contribution in [3.05, 3.63) is 35.9 Å². The molecular formula is C15H19NO4. The highest BCUT2D eigenvalue weighted by molar-refractivity contribution is 5.93. The number of nitrogens with zero attached hydrogens (tertiary/aromatic N) is 1. The van der Waals surface area contributed by atoms with Gasteiger partial charge < -0.3 is 14.4 Å². The Balaban J connectivity index is 2.65. The third-order valence-corrected chi connectivity index (χ3v) is 2.59. The van der Waals surface area contributed by atoms with E-state index in [1.54, 1.807) is 27.2 Å². The van der Waals surface area contributed by atoms with Crippen LogP contribution in [0.25, 0.3) is 6.08 Å². The second-order valence-electron chi connectivity index (χ2n) is 4.07. The average molecular weight is 277 g/mol. The summed E-state index contributed by atoms with van der Waals surface area (Å²) in [6.45, 7) is 1.96. The molecule has 0 saturated carbocycles. The summed E-state index contributed by atoms with van der Waals surface area (Å²) in [6, 6.07) is 7.36. The zero-order valence-electron chi connectivity index (χ0n) is 12.0. The maximum atomic E-state index is 11.8. The van der Waals surface area contributed by atoms with E-state index in [1.807, 2.05) is 24.3 Å². The van der Waals surface area contributed by atoms with Gasteiger partial charge in [-0.25, -0.2) is 0 Å². The summed E-state index contributed by atoms with van der Waals surface area (Å²) in [5.74, 6) is -0.0115. The van der Waals surface area contributed by atoms with E-state index >= 15 is 0 Å². The molecular weight excluding hydrogens is 258 g/mol. The Morgan fingerprint density at radius 2 is 2.00 bits per heavy atom. The number of carbonyl (C=O) groups is 2. The molecule has 0 unspecified atom stereocenters. The molecule has 1 aromatic carbocycles. The number of methoxy groups -OCH3 is 1. The first kappa shape index (κ1) is 15.8. The van der Waals surface area contributed by atoms with Crippen LogP contribution < -0.4 is 4.74 Å².